The summed E-state index contributed by atoms with van der Waals surface area (Å²) in [7, 11) is 1.61. The lowest BCUT2D eigenvalue weighted by Gasteiger charge is -2.13. The highest BCUT2D eigenvalue weighted by Crippen LogP contribution is 2.32. The molecule has 9 nitrogen and oxygen atoms in total. The summed E-state index contributed by atoms with van der Waals surface area (Å²) in [5.41, 5.74) is 11.4. The SMILES string of the molecule is COc1ccc(Cn2cnc3c(=O)[nH]c(N)nc32)cc1-c1cccc(NO)c1. The molecule has 0 aliphatic rings. The van der Waals surface area contributed by atoms with Gasteiger partial charge in [0.1, 0.15) is 5.75 Å². The van der Waals surface area contributed by atoms with Gasteiger partial charge in [0.15, 0.2) is 11.2 Å². The highest BCUT2D eigenvalue weighted by molar-refractivity contribution is 5.74. The van der Waals surface area contributed by atoms with Crippen LogP contribution in [0.25, 0.3) is 22.3 Å². The van der Waals surface area contributed by atoms with Crippen molar-refractivity contribution < 1.29 is 9.94 Å². The molecule has 0 saturated heterocycles. The maximum Gasteiger partial charge on any atom is 0.280 e. The first kappa shape index (κ1) is 17.6. The number of nitrogens with one attached hydrogen (secondary N) is 2. The Bertz CT molecular complexity index is 1210. The van der Waals surface area contributed by atoms with Crippen LogP contribution in [0.5, 0.6) is 5.75 Å². The summed E-state index contributed by atoms with van der Waals surface area (Å²) in [4.78, 5) is 22.7. The number of H-pyrrole nitrogens is 1. The fourth-order valence-electron chi connectivity index (χ4n) is 3.12. The minimum atomic E-state index is -0.370. The molecule has 2 heterocycles. The third-order valence-electron chi connectivity index (χ3n) is 4.41. The first-order chi connectivity index (χ1) is 13.6. The maximum absolute atomic E-state index is 12.0. The van der Waals surface area contributed by atoms with E-state index in [0.29, 0.717) is 23.6 Å². The van der Waals surface area contributed by atoms with Gasteiger partial charge >= 0.3 is 0 Å². The van der Waals surface area contributed by atoms with Gasteiger partial charge in [0.25, 0.3) is 5.56 Å². The molecule has 9 heteroatoms. The second-order valence-electron chi connectivity index (χ2n) is 6.22. The van der Waals surface area contributed by atoms with Gasteiger partial charge in [-0.3, -0.25) is 20.5 Å². The lowest BCUT2D eigenvalue weighted by molar-refractivity contribution is 0.389. The number of nitrogen functional groups attached to an aromatic ring is 1. The van der Waals surface area contributed by atoms with Gasteiger partial charge in [-0.15, -0.1) is 0 Å². The number of ether oxygens (including phenoxy) is 1. The Morgan fingerprint density at radius 2 is 2.14 bits per heavy atom. The predicted molar refractivity (Wildman–Crippen MR) is 106 cm³/mol. The average molecular weight is 378 g/mol. The molecule has 2 aromatic carbocycles. The highest BCUT2D eigenvalue weighted by atomic mass is 16.5. The second-order valence-corrected chi connectivity index (χ2v) is 6.22. The van der Waals surface area contributed by atoms with Crippen LogP contribution in [-0.2, 0) is 6.54 Å². The molecule has 0 unspecified atom stereocenters. The van der Waals surface area contributed by atoms with E-state index in [2.05, 4.69) is 20.4 Å². The van der Waals surface area contributed by atoms with E-state index >= 15 is 0 Å². The van der Waals surface area contributed by atoms with Gasteiger partial charge in [0.05, 0.1) is 25.7 Å². The standard InChI is InChI=1S/C19H18N6O3/c1-28-15-6-5-11(7-14(15)12-3-2-4-13(8-12)24-27)9-25-10-21-16-17(25)22-19(20)23-18(16)26/h2-8,10,24,27H,9H2,1H3,(H3,20,22,23,26). The number of imidazole rings is 1. The van der Waals surface area contributed by atoms with E-state index in [1.807, 2.05) is 36.4 Å². The molecule has 0 amide bonds. The van der Waals surface area contributed by atoms with Crippen LogP contribution in [-0.4, -0.2) is 31.8 Å². The summed E-state index contributed by atoms with van der Waals surface area (Å²) in [6, 6.07) is 13.1. The summed E-state index contributed by atoms with van der Waals surface area (Å²) in [5, 5.41) is 9.17. The quantitative estimate of drug-likeness (QED) is 0.392. The van der Waals surface area contributed by atoms with E-state index in [1.54, 1.807) is 24.1 Å². The number of hydrogen-bond acceptors (Lipinski definition) is 7. The Balaban J connectivity index is 1.76. The highest BCUT2D eigenvalue weighted by Gasteiger charge is 2.12. The number of methoxy groups -OCH3 is 1. The molecule has 142 valence electrons. The summed E-state index contributed by atoms with van der Waals surface area (Å²) < 4.78 is 7.25. The Labute approximate surface area is 159 Å². The van der Waals surface area contributed by atoms with Crippen LogP contribution >= 0.6 is 0 Å². The van der Waals surface area contributed by atoms with Crippen LogP contribution in [0.3, 0.4) is 0 Å². The van der Waals surface area contributed by atoms with Crippen LogP contribution in [0, 0.1) is 0 Å². The van der Waals surface area contributed by atoms with Crippen LogP contribution in [0.4, 0.5) is 11.6 Å². The molecule has 0 bridgehead atoms. The van der Waals surface area contributed by atoms with Crippen molar-refractivity contribution in [3.8, 4) is 16.9 Å². The van der Waals surface area contributed by atoms with Gasteiger partial charge in [-0.05, 0) is 35.4 Å². The molecule has 0 atom stereocenters. The van der Waals surface area contributed by atoms with Gasteiger partial charge in [-0.2, -0.15) is 4.98 Å². The first-order valence-corrected chi connectivity index (χ1v) is 8.47. The summed E-state index contributed by atoms with van der Waals surface area (Å²) in [5.74, 6) is 0.746. The summed E-state index contributed by atoms with van der Waals surface area (Å²) in [6.45, 7) is 0.446. The van der Waals surface area contributed by atoms with Crippen molar-refractivity contribution in [3.63, 3.8) is 0 Å². The number of nitrogens with zero attached hydrogens (tertiary/aromatic N) is 3. The molecule has 0 radical (unpaired) electrons. The van der Waals surface area contributed by atoms with Gasteiger partial charge in [-0.25, -0.2) is 4.98 Å². The lowest BCUT2D eigenvalue weighted by Crippen LogP contribution is -2.12. The molecule has 0 fully saturated rings. The average Bonchev–Trinajstić information content (AvgIpc) is 3.11. The van der Waals surface area contributed by atoms with Gasteiger partial charge < -0.3 is 15.0 Å². The van der Waals surface area contributed by atoms with Gasteiger partial charge in [0, 0.05) is 5.56 Å². The third-order valence-corrected chi connectivity index (χ3v) is 4.41. The van der Waals surface area contributed by atoms with Crippen molar-refractivity contribution in [2.24, 2.45) is 0 Å². The number of aromatic amines is 1. The number of rotatable bonds is 5. The number of nitrogens with two attached hydrogens (primary N) is 1. The number of fused-ring (bicyclic) bond motifs is 1. The van der Waals surface area contributed by atoms with Crippen molar-refractivity contribution in [1.82, 2.24) is 19.5 Å². The predicted octanol–water partition coefficient (Wildman–Crippen LogP) is 2.23. The van der Waals surface area contributed by atoms with E-state index in [9.17, 15) is 4.79 Å². The summed E-state index contributed by atoms with van der Waals surface area (Å²) in [6.07, 6.45) is 1.56. The Morgan fingerprint density at radius 1 is 1.29 bits per heavy atom. The number of benzene rings is 2. The number of hydrogen-bond donors (Lipinski definition) is 4. The van der Waals surface area contributed by atoms with Crippen LogP contribution in [0.15, 0.2) is 53.6 Å². The van der Waals surface area contributed by atoms with Crippen molar-refractivity contribution in [2.75, 3.05) is 18.3 Å². The van der Waals surface area contributed by atoms with E-state index in [0.717, 1.165) is 16.7 Å². The molecule has 4 aromatic rings. The van der Waals surface area contributed by atoms with Crippen molar-refractivity contribution in [1.29, 1.82) is 0 Å². The molecule has 2 aromatic heterocycles. The van der Waals surface area contributed by atoms with Crippen molar-refractivity contribution >= 4 is 22.8 Å². The maximum atomic E-state index is 12.0. The smallest absolute Gasteiger partial charge is 0.280 e. The van der Waals surface area contributed by atoms with E-state index in [4.69, 9.17) is 15.7 Å². The fraction of sp³-hybridized carbons (Fsp3) is 0.105. The first-order valence-electron chi connectivity index (χ1n) is 8.47. The fourth-order valence-corrected chi connectivity index (χ4v) is 3.12. The lowest BCUT2D eigenvalue weighted by atomic mass is 10.0. The molecule has 0 saturated carbocycles. The van der Waals surface area contributed by atoms with E-state index in [1.165, 1.54) is 0 Å². The van der Waals surface area contributed by atoms with Crippen LogP contribution in [0.1, 0.15) is 5.56 Å². The Kier molecular flexibility index (Phi) is 4.42. The minimum absolute atomic E-state index is 0.0444. The normalized spacial score (nSPS) is 10.9. The molecule has 0 spiro atoms. The molecular weight excluding hydrogens is 360 g/mol. The van der Waals surface area contributed by atoms with Gasteiger partial charge in [0.2, 0.25) is 5.95 Å². The molecule has 28 heavy (non-hydrogen) atoms. The van der Waals surface area contributed by atoms with E-state index < -0.39 is 0 Å². The monoisotopic (exact) mass is 378 g/mol. The Morgan fingerprint density at radius 3 is 2.93 bits per heavy atom. The number of anilines is 2. The molecular formula is C19H18N6O3. The topological polar surface area (TPSA) is 131 Å². The van der Waals surface area contributed by atoms with Crippen molar-refractivity contribution in [3.05, 3.63) is 64.7 Å². The zero-order valence-corrected chi connectivity index (χ0v) is 15.0. The molecule has 5 N–H and O–H groups in total. The zero-order chi connectivity index (χ0) is 19.7. The zero-order valence-electron chi connectivity index (χ0n) is 15.0. The molecule has 0 aliphatic heterocycles. The minimum Gasteiger partial charge on any atom is -0.496 e. The Hall–Kier alpha value is -3.85. The van der Waals surface area contributed by atoms with Crippen LogP contribution < -0.4 is 21.5 Å². The largest absolute Gasteiger partial charge is 0.496 e. The van der Waals surface area contributed by atoms with Gasteiger partial charge in [-0.1, -0.05) is 18.2 Å². The van der Waals surface area contributed by atoms with E-state index in [-0.39, 0.29) is 17.0 Å². The third kappa shape index (κ3) is 3.14. The molecule has 4 rings (SSSR count). The van der Waals surface area contributed by atoms with Crippen molar-refractivity contribution in [2.45, 2.75) is 6.54 Å². The van der Waals surface area contributed by atoms with Crippen LogP contribution in [0.2, 0.25) is 0 Å². The summed E-state index contributed by atoms with van der Waals surface area (Å²) >= 11 is 0. The second kappa shape index (κ2) is 7.05. The molecule has 0 aliphatic carbocycles. The number of aromatic nitrogens is 4.